The van der Waals surface area contributed by atoms with E-state index >= 15 is 0 Å². The first-order chi connectivity index (χ1) is 25.0. The molecule has 51 heavy (non-hydrogen) atoms. The number of unbranched alkanes of at least 4 members (excludes halogenated alkanes) is 31. The molecule has 0 heterocycles. The number of aliphatic hydroxyl groups excluding tert-OH is 3. The van der Waals surface area contributed by atoms with Gasteiger partial charge in [-0.05, 0) is 38.5 Å². The number of hydrogen-bond donors (Lipinski definition) is 4. The Morgan fingerprint density at radius 3 is 1.14 bits per heavy atom. The summed E-state index contributed by atoms with van der Waals surface area (Å²) >= 11 is 0. The van der Waals surface area contributed by atoms with E-state index < -0.39 is 18.2 Å². The molecule has 0 aliphatic rings. The minimum atomic E-state index is -0.746. The summed E-state index contributed by atoms with van der Waals surface area (Å²) in [5.41, 5.74) is 0. The maximum atomic E-state index is 12.4. The van der Waals surface area contributed by atoms with Crippen molar-refractivity contribution in [2.75, 3.05) is 6.61 Å². The van der Waals surface area contributed by atoms with Crippen molar-refractivity contribution in [1.29, 1.82) is 0 Å². The number of carbonyl (C=O) groups is 1. The van der Waals surface area contributed by atoms with E-state index in [0.29, 0.717) is 12.8 Å². The number of aliphatic hydroxyl groups is 3. The summed E-state index contributed by atoms with van der Waals surface area (Å²) in [7, 11) is 0. The lowest BCUT2D eigenvalue weighted by Crippen LogP contribution is -2.46. The number of hydrogen-bond acceptors (Lipinski definition) is 4. The van der Waals surface area contributed by atoms with E-state index in [4.69, 9.17) is 0 Å². The number of allylic oxidation sites excluding steroid dienone is 2. The topological polar surface area (TPSA) is 89.8 Å². The Bertz CT molecular complexity index is 713. The SMILES string of the molecule is CCCCCCCCCCCCCC/C=C\CCCCCCCCCCC(O)CC(=O)NC(CO)C(O)CCCCCCCCCCCCCC. The molecule has 3 atom stereocenters. The van der Waals surface area contributed by atoms with Crippen molar-refractivity contribution >= 4 is 5.91 Å². The zero-order valence-electron chi connectivity index (χ0n) is 34.5. The molecule has 5 nitrogen and oxygen atoms in total. The molecule has 0 bridgehead atoms. The highest BCUT2D eigenvalue weighted by atomic mass is 16.3. The second kappa shape index (κ2) is 41.8. The summed E-state index contributed by atoms with van der Waals surface area (Å²) in [4.78, 5) is 12.4. The van der Waals surface area contributed by atoms with Crippen LogP contribution in [0.25, 0.3) is 0 Å². The third kappa shape index (κ3) is 38.6. The third-order valence-corrected chi connectivity index (χ3v) is 10.8. The fourth-order valence-corrected chi connectivity index (χ4v) is 7.28. The fraction of sp³-hybridized carbons (Fsp3) is 0.935. The second-order valence-electron chi connectivity index (χ2n) is 16.0. The largest absolute Gasteiger partial charge is 0.394 e. The third-order valence-electron chi connectivity index (χ3n) is 10.8. The van der Waals surface area contributed by atoms with Gasteiger partial charge in [0.1, 0.15) is 0 Å². The first-order valence-electron chi connectivity index (χ1n) is 23.0. The van der Waals surface area contributed by atoms with Gasteiger partial charge in [0.15, 0.2) is 0 Å². The van der Waals surface area contributed by atoms with Crippen molar-refractivity contribution in [1.82, 2.24) is 5.32 Å². The molecule has 0 rings (SSSR count). The number of amides is 1. The monoisotopic (exact) mass is 722 g/mol. The van der Waals surface area contributed by atoms with E-state index in [1.807, 2.05) is 0 Å². The molecule has 4 N–H and O–H groups in total. The molecule has 0 aliphatic heterocycles. The van der Waals surface area contributed by atoms with Gasteiger partial charge in [0, 0.05) is 0 Å². The van der Waals surface area contributed by atoms with Crippen LogP contribution in [0.4, 0.5) is 0 Å². The highest BCUT2D eigenvalue weighted by Crippen LogP contribution is 2.16. The van der Waals surface area contributed by atoms with Gasteiger partial charge in [0.05, 0.1) is 31.3 Å². The van der Waals surface area contributed by atoms with Crippen LogP contribution in [0.15, 0.2) is 12.2 Å². The van der Waals surface area contributed by atoms with Gasteiger partial charge in [0.2, 0.25) is 5.91 Å². The van der Waals surface area contributed by atoms with Gasteiger partial charge in [-0.1, -0.05) is 219 Å². The second-order valence-corrected chi connectivity index (χ2v) is 16.0. The van der Waals surface area contributed by atoms with Gasteiger partial charge in [0.25, 0.3) is 0 Å². The van der Waals surface area contributed by atoms with Gasteiger partial charge >= 0.3 is 0 Å². The van der Waals surface area contributed by atoms with E-state index in [1.54, 1.807) is 0 Å². The molecule has 3 unspecified atom stereocenters. The maximum Gasteiger partial charge on any atom is 0.222 e. The van der Waals surface area contributed by atoms with E-state index in [9.17, 15) is 20.1 Å². The van der Waals surface area contributed by atoms with Gasteiger partial charge in [-0.3, -0.25) is 4.79 Å². The molecule has 304 valence electrons. The van der Waals surface area contributed by atoms with E-state index in [0.717, 1.165) is 25.7 Å². The molecule has 0 fully saturated rings. The lowest BCUT2D eigenvalue weighted by atomic mass is 10.0. The summed E-state index contributed by atoms with van der Waals surface area (Å²) in [5, 5.41) is 33.4. The lowest BCUT2D eigenvalue weighted by molar-refractivity contribution is -0.125. The van der Waals surface area contributed by atoms with Gasteiger partial charge in [-0.25, -0.2) is 0 Å². The zero-order valence-corrected chi connectivity index (χ0v) is 34.5. The van der Waals surface area contributed by atoms with E-state index in [-0.39, 0.29) is 18.9 Å². The first-order valence-corrected chi connectivity index (χ1v) is 23.0. The molecular formula is C46H91NO4. The number of rotatable bonds is 42. The summed E-state index contributed by atoms with van der Waals surface area (Å²) in [6.07, 6.45) is 49.0. The van der Waals surface area contributed by atoms with Crippen LogP contribution in [-0.2, 0) is 4.79 Å². The van der Waals surface area contributed by atoms with Gasteiger partial charge in [-0.15, -0.1) is 0 Å². The smallest absolute Gasteiger partial charge is 0.222 e. The zero-order chi connectivity index (χ0) is 37.3. The molecule has 0 saturated carbocycles. The van der Waals surface area contributed by atoms with Crippen molar-refractivity contribution < 1.29 is 20.1 Å². The summed E-state index contributed by atoms with van der Waals surface area (Å²) in [6, 6.07) is -0.655. The molecule has 1 amide bonds. The predicted molar refractivity (Wildman–Crippen MR) is 222 cm³/mol. The Hall–Kier alpha value is -0.910. The van der Waals surface area contributed by atoms with Crippen LogP contribution in [0.3, 0.4) is 0 Å². The van der Waals surface area contributed by atoms with Crippen molar-refractivity contribution in [3.05, 3.63) is 12.2 Å². The molecule has 0 saturated heterocycles. The van der Waals surface area contributed by atoms with Crippen LogP contribution < -0.4 is 5.32 Å². The van der Waals surface area contributed by atoms with Crippen LogP contribution in [-0.4, -0.2) is 46.1 Å². The first kappa shape index (κ1) is 50.1. The highest BCUT2D eigenvalue weighted by Gasteiger charge is 2.21. The minimum absolute atomic E-state index is 0.0373. The average Bonchev–Trinajstić information content (AvgIpc) is 3.12. The van der Waals surface area contributed by atoms with E-state index in [2.05, 4.69) is 31.3 Å². The van der Waals surface area contributed by atoms with Crippen LogP contribution >= 0.6 is 0 Å². The molecule has 0 aromatic heterocycles. The average molecular weight is 722 g/mol. The van der Waals surface area contributed by atoms with Crippen LogP contribution in [0, 0.1) is 0 Å². The molecule has 5 heteroatoms. The highest BCUT2D eigenvalue weighted by molar-refractivity contribution is 5.76. The molecule has 0 aromatic carbocycles. The molecular weight excluding hydrogens is 631 g/mol. The summed E-state index contributed by atoms with van der Waals surface area (Å²) in [5.74, 6) is -0.283. The Balaban J connectivity index is 3.55. The predicted octanol–water partition coefficient (Wildman–Crippen LogP) is 13.2. The maximum absolute atomic E-state index is 12.4. The minimum Gasteiger partial charge on any atom is -0.394 e. The lowest BCUT2D eigenvalue weighted by Gasteiger charge is -2.23. The Morgan fingerprint density at radius 1 is 0.471 bits per heavy atom. The molecule has 0 radical (unpaired) electrons. The van der Waals surface area contributed by atoms with Crippen LogP contribution in [0.5, 0.6) is 0 Å². The van der Waals surface area contributed by atoms with Crippen molar-refractivity contribution in [3.63, 3.8) is 0 Å². The van der Waals surface area contributed by atoms with Crippen molar-refractivity contribution in [3.8, 4) is 0 Å². The molecule has 0 spiro atoms. The quantitative estimate of drug-likeness (QED) is 0.0373. The summed E-state index contributed by atoms with van der Waals surface area (Å²) in [6.45, 7) is 4.27. The van der Waals surface area contributed by atoms with E-state index in [1.165, 1.54) is 193 Å². The standard InChI is InChI=1S/C46H91NO4/c1-3-5-7-9-11-13-15-17-18-19-20-21-22-23-24-25-26-27-28-29-31-33-35-37-39-43(49)41-46(51)47-44(42-48)45(50)40-38-36-34-32-30-16-14-12-10-8-6-4-2/h23-24,43-45,48-50H,3-22,25-42H2,1-2H3,(H,47,51)/b24-23-. The molecule has 0 aromatic rings. The van der Waals surface area contributed by atoms with Gasteiger partial charge < -0.3 is 20.6 Å². The van der Waals surface area contributed by atoms with Crippen molar-refractivity contribution in [2.24, 2.45) is 0 Å². The number of carbonyl (C=O) groups excluding carboxylic acids is 1. The Kier molecular flexibility index (Phi) is 41.1. The van der Waals surface area contributed by atoms with Crippen molar-refractivity contribution in [2.45, 2.75) is 270 Å². The normalized spacial score (nSPS) is 13.6. The Morgan fingerprint density at radius 2 is 0.784 bits per heavy atom. The fourth-order valence-electron chi connectivity index (χ4n) is 7.28. The Labute approximate surface area is 319 Å². The number of nitrogens with one attached hydrogen (secondary N) is 1. The van der Waals surface area contributed by atoms with Crippen LogP contribution in [0.1, 0.15) is 251 Å². The summed E-state index contributed by atoms with van der Waals surface area (Å²) < 4.78 is 0. The molecule has 0 aliphatic carbocycles. The van der Waals surface area contributed by atoms with Crippen LogP contribution in [0.2, 0.25) is 0 Å². The van der Waals surface area contributed by atoms with Gasteiger partial charge in [-0.2, -0.15) is 0 Å².